The number of amides is 2. The van der Waals surface area contributed by atoms with Gasteiger partial charge in [-0.15, -0.1) is 0 Å². The lowest BCUT2D eigenvalue weighted by molar-refractivity contribution is -0.143. The molecule has 3 atom stereocenters. The molecule has 10 heteroatoms. The van der Waals surface area contributed by atoms with Crippen LogP contribution < -0.4 is 16.4 Å². The summed E-state index contributed by atoms with van der Waals surface area (Å²) in [5.41, 5.74) is 5.33. The molecule has 0 saturated carbocycles. The minimum absolute atomic E-state index is 0.00333. The Morgan fingerprint density at radius 1 is 1.08 bits per heavy atom. The van der Waals surface area contributed by atoms with Gasteiger partial charge in [-0.2, -0.15) is 12.6 Å². The van der Waals surface area contributed by atoms with Crippen molar-refractivity contribution < 1.29 is 29.4 Å². The molecule has 0 heterocycles. The summed E-state index contributed by atoms with van der Waals surface area (Å²) in [6.07, 6.45) is 0.393. The van der Waals surface area contributed by atoms with Gasteiger partial charge in [0.1, 0.15) is 18.1 Å². The normalized spacial score (nSPS) is 14.5. The average molecular weight is 363 g/mol. The first-order valence-corrected chi connectivity index (χ1v) is 8.15. The molecule has 9 nitrogen and oxygen atoms in total. The fraction of sp³-hybridized carbons (Fsp3) is 0.714. The maximum atomic E-state index is 12.1. The number of carboxylic acid groups (broad SMARTS) is 2. The van der Waals surface area contributed by atoms with E-state index in [2.05, 4.69) is 23.3 Å². The Balaban J connectivity index is 4.47. The zero-order valence-electron chi connectivity index (χ0n) is 13.7. The van der Waals surface area contributed by atoms with Crippen molar-refractivity contribution in [1.82, 2.24) is 10.6 Å². The fourth-order valence-electron chi connectivity index (χ4n) is 1.83. The number of carbonyl (C=O) groups excluding carboxylic acids is 2. The number of hydrogen-bond donors (Lipinski definition) is 6. The van der Waals surface area contributed by atoms with Crippen molar-refractivity contribution in [1.29, 1.82) is 0 Å². The van der Waals surface area contributed by atoms with Gasteiger partial charge in [0.15, 0.2) is 0 Å². The highest BCUT2D eigenvalue weighted by Crippen LogP contribution is 2.04. The summed E-state index contributed by atoms with van der Waals surface area (Å²) >= 11 is 3.99. The van der Waals surface area contributed by atoms with Crippen LogP contribution in [0.3, 0.4) is 0 Å². The fourth-order valence-corrected chi connectivity index (χ4v) is 2.09. The summed E-state index contributed by atoms with van der Waals surface area (Å²) in [6.45, 7) is 3.30. The summed E-state index contributed by atoms with van der Waals surface area (Å²) in [7, 11) is 0. The predicted molar refractivity (Wildman–Crippen MR) is 89.7 cm³/mol. The van der Waals surface area contributed by atoms with Gasteiger partial charge in [0.05, 0.1) is 0 Å². The van der Waals surface area contributed by atoms with Crippen LogP contribution >= 0.6 is 12.6 Å². The molecule has 0 unspecified atom stereocenters. The van der Waals surface area contributed by atoms with E-state index < -0.39 is 41.9 Å². The highest BCUT2D eigenvalue weighted by molar-refractivity contribution is 7.80. The molecule has 0 aliphatic heterocycles. The first-order valence-electron chi connectivity index (χ1n) is 7.51. The molecule has 0 aromatic heterocycles. The Labute approximate surface area is 145 Å². The van der Waals surface area contributed by atoms with E-state index in [1.165, 1.54) is 0 Å². The maximum Gasteiger partial charge on any atom is 0.326 e. The first kappa shape index (κ1) is 22.2. The summed E-state index contributed by atoms with van der Waals surface area (Å²) in [6, 6.07) is -3.08. The molecular weight excluding hydrogens is 338 g/mol. The van der Waals surface area contributed by atoms with Gasteiger partial charge in [0.2, 0.25) is 11.8 Å². The van der Waals surface area contributed by atoms with E-state index >= 15 is 0 Å². The van der Waals surface area contributed by atoms with Crippen LogP contribution in [0.1, 0.15) is 33.1 Å². The van der Waals surface area contributed by atoms with Gasteiger partial charge in [-0.3, -0.25) is 14.4 Å². The van der Waals surface area contributed by atoms with E-state index in [1.807, 2.05) is 0 Å². The topological polar surface area (TPSA) is 159 Å². The van der Waals surface area contributed by atoms with Crippen LogP contribution in [0.25, 0.3) is 0 Å². The smallest absolute Gasteiger partial charge is 0.326 e. The van der Waals surface area contributed by atoms with Crippen LogP contribution in [-0.2, 0) is 19.2 Å². The summed E-state index contributed by atoms with van der Waals surface area (Å²) in [5.74, 6) is -3.72. The summed E-state index contributed by atoms with van der Waals surface area (Å²) in [5, 5.41) is 22.5. The molecule has 0 rings (SSSR count). The van der Waals surface area contributed by atoms with Crippen LogP contribution in [0.15, 0.2) is 0 Å². The average Bonchev–Trinajstić information content (AvgIpc) is 2.48. The second-order valence-corrected chi connectivity index (χ2v) is 6.07. The largest absolute Gasteiger partial charge is 0.480 e. The van der Waals surface area contributed by atoms with E-state index in [9.17, 15) is 19.2 Å². The third-order valence-electron chi connectivity index (χ3n) is 3.30. The zero-order chi connectivity index (χ0) is 18.9. The van der Waals surface area contributed by atoms with Gasteiger partial charge < -0.3 is 26.6 Å². The molecule has 0 aromatic carbocycles. The number of carbonyl (C=O) groups is 4. The van der Waals surface area contributed by atoms with E-state index in [0.29, 0.717) is 0 Å². The molecule has 0 spiro atoms. The van der Waals surface area contributed by atoms with Crippen molar-refractivity contribution in [3.63, 3.8) is 0 Å². The van der Waals surface area contributed by atoms with Crippen molar-refractivity contribution in [2.45, 2.75) is 51.2 Å². The molecule has 0 aliphatic rings. The minimum atomic E-state index is -1.16. The lowest BCUT2D eigenvalue weighted by atomic mass is 10.0. The van der Waals surface area contributed by atoms with E-state index in [0.717, 1.165) is 0 Å². The minimum Gasteiger partial charge on any atom is -0.480 e. The highest BCUT2D eigenvalue weighted by Gasteiger charge is 2.27. The predicted octanol–water partition coefficient (Wildman–Crippen LogP) is -0.791. The van der Waals surface area contributed by atoms with E-state index in [1.54, 1.807) is 13.8 Å². The first-order chi connectivity index (χ1) is 11.1. The Kier molecular flexibility index (Phi) is 10.0. The van der Waals surface area contributed by atoms with Crippen molar-refractivity contribution >= 4 is 36.4 Å². The molecule has 0 radical (unpaired) electrons. The van der Waals surface area contributed by atoms with Crippen molar-refractivity contribution in [2.24, 2.45) is 11.7 Å². The van der Waals surface area contributed by atoms with Crippen molar-refractivity contribution in [3.05, 3.63) is 0 Å². The van der Waals surface area contributed by atoms with Crippen LogP contribution in [-0.4, -0.2) is 57.8 Å². The SMILES string of the molecule is CC(C)[C@H](NC(=O)[C@H](CS)NC(=O)CCC[C@H](N)C(=O)O)C(=O)O. The lowest BCUT2D eigenvalue weighted by Gasteiger charge is -2.22. The molecule has 24 heavy (non-hydrogen) atoms. The van der Waals surface area contributed by atoms with Gasteiger partial charge in [0.25, 0.3) is 0 Å². The van der Waals surface area contributed by atoms with Crippen molar-refractivity contribution in [3.8, 4) is 0 Å². The molecular formula is C14H25N3O6S. The lowest BCUT2D eigenvalue weighted by Crippen LogP contribution is -2.53. The van der Waals surface area contributed by atoms with E-state index in [-0.39, 0.29) is 30.9 Å². The van der Waals surface area contributed by atoms with Crippen LogP contribution in [0, 0.1) is 5.92 Å². The highest BCUT2D eigenvalue weighted by atomic mass is 32.1. The molecule has 2 amide bonds. The van der Waals surface area contributed by atoms with Crippen LogP contribution in [0.4, 0.5) is 0 Å². The van der Waals surface area contributed by atoms with Crippen molar-refractivity contribution in [2.75, 3.05) is 5.75 Å². The molecule has 0 fully saturated rings. The monoisotopic (exact) mass is 363 g/mol. The third kappa shape index (κ3) is 8.16. The van der Waals surface area contributed by atoms with Gasteiger partial charge >= 0.3 is 11.9 Å². The molecule has 0 aliphatic carbocycles. The second-order valence-electron chi connectivity index (χ2n) is 5.71. The molecule has 6 N–H and O–H groups in total. The number of hydrogen-bond acceptors (Lipinski definition) is 6. The molecule has 0 aromatic rings. The quantitative estimate of drug-likeness (QED) is 0.262. The Hall–Kier alpha value is -1.81. The van der Waals surface area contributed by atoms with Gasteiger partial charge in [-0.1, -0.05) is 13.8 Å². The number of thiol groups is 1. The maximum absolute atomic E-state index is 12.1. The molecule has 138 valence electrons. The standard InChI is InChI=1S/C14H25N3O6S/c1-7(2)11(14(22)23)17-12(19)9(6-24)16-10(18)5-3-4-8(15)13(20)21/h7-9,11,24H,3-6,15H2,1-2H3,(H,16,18)(H,17,19)(H,20,21)(H,22,23)/t8-,9-,11-/m0/s1. The molecule has 0 saturated heterocycles. The summed E-state index contributed by atoms with van der Waals surface area (Å²) < 4.78 is 0. The molecule has 0 bridgehead atoms. The third-order valence-corrected chi connectivity index (χ3v) is 3.67. The van der Waals surface area contributed by atoms with Gasteiger partial charge in [0, 0.05) is 12.2 Å². The number of nitrogens with two attached hydrogens (primary N) is 1. The Morgan fingerprint density at radius 3 is 2.08 bits per heavy atom. The second kappa shape index (κ2) is 10.9. The van der Waals surface area contributed by atoms with Crippen LogP contribution in [0.5, 0.6) is 0 Å². The number of carboxylic acids is 2. The van der Waals surface area contributed by atoms with Gasteiger partial charge in [-0.25, -0.2) is 4.79 Å². The number of nitrogens with one attached hydrogen (secondary N) is 2. The van der Waals surface area contributed by atoms with E-state index in [4.69, 9.17) is 15.9 Å². The summed E-state index contributed by atoms with van der Waals surface area (Å²) in [4.78, 5) is 45.5. The zero-order valence-corrected chi connectivity index (χ0v) is 14.6. The Morgan fingerprint density at radius 2 is 1.67 bits per heavy atom. The van der Waals surface area contributed by atoms with Crippen LogP contribution in [0.2, 0.25) is 0 Å². The number of rotatable bonds is 11. The number of aliphatic carboxylic acids is 2. The van der Waals surface area contributed by atoms with Gasteiger partial charge in [-0.05, 0) is 18.8 Å². The Bertz CT molecular complexity index is 471.